The highest BCUT2D eigenvalue weighted by Gasteiger charge is 2.14. The van der Waals surface area contributed by atoms with E-state index in [0.717, 1.165) is 38.5 Å². The van der Waals surface area contributed by atoms with Crippen LogP contribution in [-0.4, -0.2) is 81.8 Å². The van der Waals surface area contributed by atoms with Gasteiger partial charge in [-0.2, -0.15) is 4.52 Å². The Balaban J connectivity index is 1.25. The zero-order valence-electron chi connectivity index (χ0n) is 18.0. The average molecular weight is 423 g/mol. The zero-order valence-corrected chi connectivity index (χ0v) is 18.0. The van der Waals surface area contributed by atoms with E-state index in [2.05, 4.69) is 54.9 Å². The van der Waals surface area contributed by atoms with Gasteiger partial charge in [-0.25, -0.2) is 0 Å². The number of benzene rings is 1. The second kappa shape index (κ2) is 10.3. The van der Waals surface area contributed by atoms with Gasteiger partial charge >= 0.3 is 0 Å². The highest BCUT2D eigenvalue weighted by atomic mass is 16.1. The molecule has 0 unspecified atom stereocenters. The molecule has 164 valence electrons. The maximum Gasteiger partial charge on any atom is 0.220 e. The van der Waals surface area contributed by atoms with Crippen LogP contribution >= 0.6 is 0 Å². The van der Waals surface area contributed by atoms with E-state index in [9.17, 15) is 4.79 Å². The molecule has 0 spiro atoms. The third-order valence-corrected chi connectivity index (χ3v) is 5.57. The monoisotopic (exact) mass is 422 g/mol. The Labute approximate surface area is 182 Å². The molecule has 2 N–H and O–H groups in total. The molecule has 9 nitrogen and oxygen atoms in total. The van der Waals surface area contributed by atoms with Crippen LogP contribution in [0, 0.1) is 0 Å². The van der Waals surface area contributed by atoms with Crippen molar-refractivity contribution in [1.82, 2.24) is 34.9 Å². The van der Waals surface area contributed by atoms with Gasteiger partial charge in [-0.15, -0.1) is 15.3 Å². The summed E-state index contributed by atoms with van der Waals surface area (Å²) >= 11 is 0. The Morgan fingerprint density at radius 3 is 2.65 bits per heavy atom. The summed E-state index contributed by atoms with van der Waals surface area (Å²) in [5, 5.41) is 19.3. The minimum absolute atomic E-state index is 0.0317. The number of rotatable bonds is 9. The van der Waals surface area contributed by atoms with Crippen LogP contribution < -0.4 is 10.6 Å². The smallest absolute Gasteiger partial charge is 0.220 e. The predicted octanol–water partition coefficient (Wildman–Crippen LogP) is 1.03. The van der Waals surface area contributed by atoms with Gasteiger partial charge < -0.3 is 15.5 Å². The minimum atomic E-state index is 0.0317. The first-order valence-electron chi connectivity index (χ1n) is 10.8. The molecule has 1 fully saturated rings. The van der Waals surface area contributed by atoms with E-state index in [4.69, 9.17) is 0 Å². The number of piperazine rings is 1. The Bertz CT molecular complexity index is 982. The van der Waals surface area contributed by atoms with Crippen molar-refractivity contribution >= 4 is 17.4 Å². The van der Waals surface area contributed by atoms with Crippen LogP contribution in [0.3, 0.4) is 0 Å². The van der Waals surface area contributed by atoms with Gasteiger partial charge in [0.05, 0.1) is 0 Å². The quantitative estimate of drug-likeness (QED) is 0.532. The number of amides is 1. The number of nitrogens with one attached hydrogen (secondary N) is 2. The molecule has 1 aliphatic rings. The second-order valence-corrected chi connectivity index (χ2v) is 7.94. The van der Waals surface area contributed by atoms with Crippen LogP contribution in [0.2, 0.25) is 0 Å². The first-order chi connectivity index (χ1) is 15.2. The molecule has 2 aromatic heterocycles. The number of nitrogens with zero attached hydrogens (tertiary/aromatic N) is 6. The number of likely N-dealkylation sites (N-methyl/N-ethyl adjacent to an activating group) is 1. The largest absolute Gasteiger partial charge is 0.365 e. The van der Waals surface area contributed by atoms with E-state index in [1.165, 1.54) is 5.56 Å². The molecule has 3 heterocycles. The number of anilines is 1. The molecule has 0 aliphatic carbocycles. The van der Waals surface area contributed by atoms with Crippen molar-refractivity contribution in [3.05, 3.63) is 53.9 Å². The lowest BCUT2D eigenvalue weighted by Crippen LogP contribution is -2.46. The van der Waals surface area contributed by atoms with E-state index in [-0.39, 0.29) is 5.91 Å². The van der Waals surface area contributed by atoms with E-state index >= 15 is 0 Å². The molecule has 9 heteroatoms. The average Bonchev–Trinajstić information content (AvgIpc) is 3.20. The molecule has 3 aromatic rings. The Morgan fingerprint density at radius 1 is 1.03 bits per heavy atom. The van der Waals surface area contributed by atoms with E-state index in [1.807, 2.05) is 30.3 Å². The fraction of sp³-hybridized carbons (Fsp3) is 0.455. The van der Waals surface area contributed by atoms with E-state index < -0.39 is 0 Å². The molecule has 0 bridgehead atoms. The standard InChI is InChI=1S/C22H30N8O/c1-28-13-15-29(16-14-28)12-11-23-22(31)10-9-21-26-25-20-8-7-19(27-30(20)21)24-17-18-5-3-2-4-6-18/h2-8H,9-17H2,1H3,(H,23,31)(H,24,27). The maximum atomic E-state index is 12.3. The van der Waals surface area contributed by atoms with Crippen molar-refractivity contribution in [3.63, 3.8) is 0 Å². The fourth-order valence-electron chi connectivity index (χ4n) is 3.61. The molecule has 0 atom stereocenters. The van der Waals surface area contributed by atoms with Crippen LogP contribution in [0.4, 0.5) is 5.82 Å². The second-order valence-electron chi connectivity index (χ2n) is 7.94. The summed E-state index contributed by atoms with van der Waals surface area (Å²) in [6, 6.07) is 13.9. The molecular formula is C22H30N8O. The molecule has 0 saturated carbocycles. The molecule has 31 heavy (non-hydrogen) atoms. The van der Waals surface area contributed by atoms with E-state index in [0.29, 0.717) is 37.4 Å². The summed E-state index contributed by atoms with van der Waals surface area (Å²) in [5.41, 5.74) is 1.86. The summed E-state index contributed by atoms with van der Waals surface area (Å²) in [6.07, 6.45) is 0.865. The molecular weight excluding hydrogens is 392 g/mol. The van der Waals surface area contributed by atoms with Crippen molar-refractivity contribution in [2.75, 3.05) is 51.6 Å². The van der Waals surface area contributed by atoms with Gasteiger partial charge in [-0.1, -0.05) is 30.3 Å². The summed E-state index contributed by atoms with van der Waals surface area (Å²) < 4.78 is 1.71. The fourth-order valence-corrected chi connectivity index (χ4v) is 3.61. The van der Waals surface area contributed by atoms with Crippen molar-refractivity contribution in [2.45, 2.75) is 19.4 Å². The van der Waals surface area contributed by atoms with Gasteiger partial charge in [0.25, 0.3) is 0 Å². The van der Waals surface area contributed by atoms with Crippen LogP contribution in [-0.2, 0) is 17.8 Å². The maximum absolute atomic E-state index is 12.3. The Morgan fingerprint density at radius 2 is 1.84 bits per heavy atom. The van der Waals surface area contributed by atoms with Crippen LogP contribution in [0.1, 0.15) is 17.8 Å². The minimum Gasteiger partial charge on any atom is -0.365 e. The number of fused-ring (bicyclic) bond motifs is 1. The van der Waals surface area contributed by atoms with Crippen molar-refractivity contribution < 1.29 is 4.79 Å². The highest BCUT2D eigenvalue weighted by molar-refractivity contribution is 5.76. The third kappa shape index (κ3) is 5.99. The topological polar surface area (TPSA) is 90.7 Å². The normalized spacial score (nSPS) is 15.3. The number of aryl methyl sites for hydroxylation is 1. The number of hydrogen-bond acceptors (Lipinski definition) is 7. The first kappa shape index (κ1) is 21.2. The van der Waals surface area contributed by atoms with Crippen molar-refractivity contribution in [3.8, 4) is 0 Å². The first-order valence-corrected chi connectivity index (χ1v) is 10.8. The Hall–Kier alpha value is -3.04. The van der Waals surface area contributed by atoms with Gasteiger partial charge in [0.1, 0.15) is 5.82 Å². The summed E-state index contributed by atoms with van der Waals surface area (Å²) in [4.78, 5) is 17.0. The third-order valence-electron chi connectivity index (χ3n) is 5.57. The number of aromatic nitrogens is 4. The van der Waals surface area contributed by atoms with Gasteiger partial charge in [-0.3, -0.25) is 9.69 Å². The zero-order chi connectivity index (χ0) is 21.5. The molecule has 1 saturated heterocycles. The molecule has 4 rings (SSSR count). The molecule has 0 radical (unpaired) electrons. The summed E-state index contributed by atoms with van der Waals surface area (Å²) in [5.74, 6) is 1.46. The predicted molar refractivity (Wildman–Crippen MR) is 120 cm³/mol. The highest BCUT2D eigenvalue weighted by Crippen LogP contribution is 2.10. The molecule has 1 aromatic carbocycles. The number of carbonyl (C=O) groups excluding carboxylic acids is 1. The lowest BCUT2D eigenvalue weighted by Gasteiger charge is -2.32. The van der Waals surface area contributed by atoms with Gasteiger partial charge in [-0.05, 0) is 24.7 Å². The molecule has 1 aliphatic heterocycles. The Kier molecular flexibility index (Phi) is 7.06. The summed E-state index contributed by atoms with van der Waals surface area (Å²) in [7, 11) is 2.14. The number of carbonyl (C=O) groups is 1. The van der Waals surface area contributed by atoms with Gasteiger partial charge in [0.2, 0.25) is 5.91 Å². The van der Waals surface area contributed by atoms with E-state index in [1.54, 1.807) is 4.52 Å². The molecule has 1 amide bonds. The number of hydrogen-bond donors (Lipinski definition) is 2. The van der Waals surface area contributed by atoms with Gasteiger partial charge in [0.15, 0.2) is 11.5 Å². The van der Waals surface area contributed by atoms with Crippen LogP contribution in [0.5, 0.6) is 0 Å². The lowest BCUT2D eigenvalue weighted by atomic mass is 10.2. The van der Waals surface area contributed by atoms with Crippen molar-refractivity contribution in [1.29, 1.82) is 0 Å². The summed E-state index contributed by atoms with van der Waals surface area (Å²) in [6.45, 7) is 6.55. The SMILES string of the molecule is CN1CCN(CCNC(=O)CCc2nnc3ccc(NCc4ccccc4)nn23)CC1. The lowest BCUT2D eigenvalue weighted by molar-refractivity contribution is -0.121. The van der Waals surface area contributed by atoms with Crippen LogP contribution in [0.15, 0.2) is 42.5 Å². The van der Waals surface area contributed by atoms with Crippen molar-refractivity contribution in [2.24, 2.45) is 0 Å². The van der Waals surface area contributed by atoms with Gasteiger partial charge in [0, 0.05) is 58.7 Å². The van der Waals surface area contributed by atoms with Crippen LogP contribution in [0.25, 0.3) is 5.65 Å².